The van der Waals surface area contributed by atoms with Crippen molar-refractivity contribution in [2.24, 2.45) is 0 Å². The first-order valence-corrected chi connectivity index (χ1v) is 11.0. The summed E-state index contributed by atoms with van der Waals surface area (Å²) >= 11 is 0. The Hall–Kier alpha value is -3.76. The van der Waals surface area contributed by atoms with Crippen LogP contribution < -0.4 is 21.1 Å². The number of aromatic nitrogens is 2. The number of carbonyl (C=O) groups excluding carboxylic acids is 2. The van der Waals surface area contributed by atoms with Crippen LogP contribution in [0.4, 0.5) is 23.1 Å². The first-order valence-electron chi connectivity index (χ1n) is 11.0. The highest BCUT2D eigenvalue weighted by Crippen LogP contribution is 2.32. The minimum absolute atomic E-state index is 0.0838. The van der Waals surface area contributed by atoms with Crippen LogP contribution in [0.2, 0.25) is 0 Å². The number of hydrogen-bond donors (Lipinski definition) is 3. The number of nitrogens with one attached hydrogen (secondary N) is 3. The fourth-order valence-corrected chi connectivity index (χ4v) is 4.54. The van der Waals surface area contributed by atoms with Crippen LogP contribution in [0.25, 0.3) is 0 Å². The lowest BCUT2D eigenvalue weighted by molar-refractivity contribution is -0.385. The van der Waals surface area contributed by atoms with Crippen molar-refractivity contribution < 1.29 is 14.5 Å². The fourth-order valence-electron chi connectivity index (χ4n) is 4.54. The molecule has 3 N–H and O–H groups in total. The number of piperidine rings is 1. The molecule has 2 aliphatic rings. The lowest BCUT2D eigenvalue weighted by atomic mass is 9.92. The molecule has 2 aliphatic heterocycles. The SMILES string of the molecule is CC[C@@H]1CCCCN1c1nc2c(c(=O)[nH]1)[C@H](C(=O)Nc1ccc(C)c([N+](=O)[O-])c1)CC(=O)N2. The van der Waals surface area contributed by atoms with Crippen molar-refractivity contribution in [1.29, 1.82) is 0 Å². The Morgan fingerprint density at radius 3 is 2.85 bits per heavy atom. The number of carbonyl (C=O) groups is 2. The molecule has 4 rings (SSSR count). The van der Waals surface area contributed by atoms with E-state index in [9.17, 15) is 24.5 Å². The molecule has 0 aliphatic carbocycles. The summed E-state index contributed by atoms with van der Waals surface area (Å²) in [6, 6.07) is 4.56. The quantitative estimate of drug-likeness (QED) is 0.464. The zero-order chi connectivity index (χ0) is 23.7. The van der Waals surface area contributed by atoms with Crippen LogP contribution in [-0.2, 0) is 9.59 Å². The van der Waals surface area contributed by atoms with Crippen molar-refractivity contribution in [1.82, 2.24) is 9.97 Å². The van der Waals surface area contributed by atoms with E-state index < -0.39 is 28.2 Å². The van der Waals surface area contributed by atoms with Gasteiger partial charge in [0.15, 0.2) is 0 Å². The van der Waals surface area contributed by atoms with Crippen LogP contribution in [0, 0.1) is 17.0 Å². The monoisotopic (exact) mass is 454 g/mol. The molecule has 1 fully saturated rings. The maximum absolute atomic E-state index is 13.0. The van der Waals surface area contributed by atoms with Gasteiger partial charge in [-0.1, -0.05) is 13.0 Å². The second-order valence-corrected chi connectivity index (χ2v) is 8.46. The Bertz CT molecular complexity index is 1180. The third kappa shape index (κ3) is 4.43. The van der Waals surface area contributed by atoms with Gasteiger partial charge in [0, 0.05) is 36.3 Å². The summed E-state index contributed by atoms with van der Waals surface area (Å²) in [7, 11) is 0. The summed E-state index contributed by atoms with van der Waals surface area (Å²) in [6.07, 6.45) is 3.77. The normalized spacial score (nSPS) is 20.1. The highest BCUT2D eigenvalue weighted by Gasteiger charge is 2.36. The van der Waals surface area contributed by atoms with Gasteiger partial charge < -0.3 is 15.5 Å². The van der Waals surface area contributed by atoms with Gasteiger partial charge in [-0.05, 0) is 38.7 Å². The molecule has 11 nitrogen and oxygen atoms in total. The van der Waals surface area contributed by atoms with E-state index in [0.29, 0.717) is 11.5 Å². The number of hydrogen-bond acceptors (Lipinski definition) is 7. The van der Waals surface area contributed by atoms with Crippen LogP contribution in [0.3, 0.4) is 0 Å². The fraction of sp³-hybridized carbons (Fsp3) is 0.455. The van der Waals surface area contributed by atoms with Crippen molar-refractivity contribution >= 4 is 35.0 Å². The predicted molar refractivity (Wildman–Crippen MR) is 123 cm³/mol. The van der Waals surface area contributed by atoms with E-state index in [4.69, 9.17) is 0 Å². The molecule has 11 heteroatoms. The number of nitro groups is 1. The second kappa shape index (κ2) is 9.00. The summed E-state index contributed by atoms with van der Waals surface area (Å²) in [5, 5.41) is 16.4. The minimum Gasteiger partial charge on any atom is -0.339 e. The van der Waals surface area contributed by atoms with E-state index in [1.54, 1.807) is 6.92 Å². The van der Waals surface area contributed by atoms with E-state index in [1.807, 2.05) is 4.90 Å². The van der Waals surface area contributed by atoms with Crippen molar-refractivity contribution in [3.05, 3.63) is 49.8 Å². The van der Waals surface area contributed by atoms with Gasteiger partial charge in [0.2, 0.25) is 17.8 Å². The number of nitro benzene ring substituents is 1. The Morgan fingerprint density at radius 2 is 2.12 bits per heavy atom. The molecule has 0 radical (unpaired) electrons. The van der Waals surface area contributed by atoms with Crippen molar-refractivity contribution in [2.45, 2.75) is 57.9 Å². The van der Waals surface area contributed by atoms with Crippen molar-refractivity contribution in [3.8, 4) is 0 Å². The molecule has 3 heterocycles. The zero-order valence-corrected chi connectivity index (χ0v) is 18.5. The van der Waals surface area contributed by atoms with Crippen LogP contribution >= 0.6 is 0 Å². The molecule has 174 valence electrons. The Morgan fingerprint density at radius 1 is 1.33 bits per heavy atom. The van der Waals surface area contributed by atoms with E-state index in [2.05, 4.69) is 27.5 Å². The number of amides is 2. The Labute approximate surface area is 189 Å². The van der Waals surface area contributed by atoms with Gasteiger partial charge >= 0.3 is 0 Å². The predicted octanol–water partition coefficient (Wildman–Crippen LogP) is 2.82. The summed E-state index contributed by atoms with van der Waals surface area (Å²) in [6.45, 7) is 4.43. The van der Waals surface area contributed by atoms with Gasteiger partial charge in [-0.25, -0.2) is 0 Å². The van der Waals surface area contributed by atoms with E-state index >= 15 is 0 Å². The van der Waals surface area contributed by atoms with E-state index in [-0.39, 0.29) is 35.2 Å². The number of H-pyrrole nitrogens is 1. The maximum Gasteiger partial charge on any atom is 0.274 e. The van der Waals surface area contributed by atoms with Crippen LogP contribution in [0.1, 0.15) is 56.1 Å². The Balaban J connectivity index is 1.65. The number of rotatable bonds is 5. The smallest absolute Gasteiger partial charge is 0.274 e. The molecule has 0 unspecified atom stereocenters. The highest BCUT2D eigenvalue weighted by molar-refractivity contribution is 6.04. The average Bonchev–Trinajstić information content (AvgIpc) is 2.79. The van der Waals surface area contributed by atoms with Crippen molar-refractivity contribution in [2.75, 3.05) is 22.1 Å². The topological polar surface area (TPSA) is 150 Å². The number of anilines is 3. The number of aryl methyl sites for hydroxylation is 1. The zero-order valence-electron chi connectivity index (χ0n) is 18.5. The molecule has 0 spiro atoms. The third-order valence-corrected chi connectivity index (χ3v) is 6.30. The van der Waals surface area contributed by atoms with E-state index in [0.717, 1.165) is 32.2 Å². The largest absolute Gasteiger partial charge is 0.339 e. The van der Waals surface area contributed by atoms with Gasteiger partial charge in [0.25, 0.3) is 11.2 Å². The molecule has 2 amide bonds. The molecular formula is C22H26N6O5. The van der Waals surface area contributed by atoms with Gasteiger partial charge in [0.05, 0.1) is 16.4 Å². The van der Waals surface area contributed by atoms with Crippen LogP contribution in [-0.4, -0.2) is 39.3 Å². The van der Waals surface area contributed by atoms with Crippen molar-refractivity contribution in [3.63, 3.8) is 0 Å². The molecule has 1 aromatic heterocycles. The molecule has 0 saturated carbocycles. The first-order chi connectivity index (χ1) is 15.8. The summed E-state index contributed by atoms with van der Waals surface area (Å²) in [4.78, 5) is 58.4. The summed E-state index contributed by atoms with van der Waals surface area (Å²) in [5.41, 5.74) is 0.139. The number of benzene rings is 1. The Kier molecular flexibility index (Phi) is 6.12. The summed E-state index contributed by atoms with van der Waals surface area (Å²) in [5.74, 6) is -1.62. The lowest BCUT2D eigenvalue weighted by Gasteiger charge is -2.36. The minimum atomic E-state index is -1.07. The number of nitrogens with zero attached hydrogens (tertiary/aromatic N) is 3. The third-order valence-electron chi connectivity index (χ3n) is 6.30. The van der Waals surface area contributed by atoms with Gasteiger partial charge in [0.1, 0.15) is 5.82 Å². The van der Waals surface area contributed by atoms with E-state index in [1.165, 1.54) is 18.2 Å². The average molecular weight is 454 g/mol. The first kappa shape index (κ1) is 22.4. The second-order valence-electron chi connectivity index (χ2n) is 8.46. The van der Waals surface area contributed by atoms with Crippen LogP contribution in [0.15, 0.2) is 23.0 Å². The molecule has 1 saturated heterocycles. The molecule has 2 atom stereocenters. The highest BCUT2D eigenvalue weighted by atomic mass is 16.6. The summed E-state index contributed by atoms with van der Waals surface area (Å²) < 4.78 is 0. The maximum atomic E-state index is 13.0. The standard InChI is InChI=1S/C22H26N6O5/c1-3-14-6-4-5-9-27(14)22-25-19-18(21(31)26-22)15(11-17(29)24-19)20(30)23-13-8-7-12(2)16(10-13)28(32)33/h7-8,10,14-15H,3-6,9,11H2,1-2H3,(H,23,30)(H2,24,25,26,29,31)/t14-,15-/m1/s1. The number of aromatic amines is 1. The molecule has 1 aromatic carbocycles. The van der Waals surface area contributed by atoms with Gasteiger partial charge in [-0.2, -0.15) is 4.98 Å². The molecular weight excluding hydrogens is 428 g/mol. The van der Waals surface area contributed by atoms with Crippen LogP contribution in [0.5, 0.6) is 0 Å². The lowest BCUT2D eigenvalue weighted by Crippen LogP contribution is -2.43. The molecule has 2 aromatic rings. The van der Waals surface area contributed by atoms with Gasteiger partial charge in [-0.3, -0.25) is 29.5 Å². The number of fused-ring (bicyclic) bond motifs is 1. The molecule has 0 bridgehead atoms. The van der Waals surface area contributed by atoms with Gasteiger partial charge in [-0.15, -0.1) is 0 Å². The molecule has 33 heavy (non-hydrogen) atoms.